The average Bonchev–Trinajstić information content (AvgIpc) is 2.74. The third-order valence-corrected chi connectivity index (χ3v) is 6.96. The monoisotopic (exact) mass is 440 g/mol. The lowest BCUT2D eigenvalue weighted by Crippen LogP contribution is -2.18. The topological polar surface area (TPSA) is 46.5 Å². The van der Waals surface area contributed by atoms with Crippen molar-refractivity contribution in [3.63, 3.8) is 0 Å². The summed E-state index contributed by atoms with van der Waals surface area (Å²) in [5.74, 6) is 1.46. The molecule has 2 aromatic rings. The van der Waals surface area contributed by atoms with E-state index >= 15 is 0 Å². The Labute approximate surface area is 191 Å². The Kier molecular flexibility index (Phi) is 7.83. The number of allylic oxidation sites excluding steroid dienone is 1. The second-order valence-corrected chi connectivity index (χ2v) is 9.43. The molecule has 0 heterocycles. The quantitative estimate of drug-likeness (QED) is 0.469. The van der Waals surface area contributed by atoms with Crippen LogP contribution in [-0.4, -0.2) is 17.7 Å². The third-order valence-electron chi connectivity index (χ3n) is 6.71. The van der Waals surface area contributed by atoms with Gasteiger partial charge in [0.1, 0.15) is 12.4 Å². The smallest absolute Gasteiger partial charge is 0.303 e. The van der Waals surface area contributed by atoms with Gasteiger partial charge in [-0.1, -0.05) is 43.6 Å². The average molecular weight is 441 g/mol. The van der Waals surface area contributed by atoms with Crippen LogP contribution in [0, 0.1) is 25.7 Å². The van der Waals surface area contributed by atoms with E-state index in [0.29, 0.717) is 24.9 Å². The lowest BCUT2D eigenvalue weighted by atomic mass is 9.76. The van der Waals surface area contributed by atoms with Crippen molar-refractivity contribution >= 4 is 23.1 Å². The molecule has 0 bridgehead atoms. The summed E-state index contributed by atoms with van der Waals surface area (Å²) in [6.45, 7) is 9.30. The van der Waals surface area contributed by atoms with Crippen molar-refractivity contribution in [1.82, 2.24) is 0 Å². The zero-order valence-electron chi connectivity index (χ0n) is 19.0. The van der Waals surface area contributed by atoms with E-state index in [1.54, 1.807) is 0 Å². The molecule has 166 valence electrons. The van der Waals surface area contributed by atoms with Crippen LogP contribution in [0.4, 0.5) is 0 Å². The van der Waals surface area contributed by atoms with Gasteiger partial charge in [0.05, 0.1) is 0 Å². The Bertz CT molecular complexity index is 957. The van der Waals surface area contributed by atoms with Gasteiger partial charge in [-0.3, -0.25) is 4.79 Å². The first-order chi connectivity index (χ1) is 14.8. The number of rotatable bonds is 8. The molecule has 0 aliphatic heterocycles. The maximum absolute atomic E-state index is 10.9. The maximum Gasteiger partial charge on any atom is 0.303 e. The summed E-state index contributed by atoms with van der Waals surface area (Å²) in [6.07, 6.45) is 4.01. The highest BCUT2D eigenvalue weighted by molar-refractivity contribution is 6.30. The molecule has 3 nitrogen and oxygen atoms in total. The Morgan fingerprint density at radius 1 is 1.13 bits per heavy atom. The fraction of sp³-hybridized carbons (Fsp3) is 0.444. The third kappa shape index (κ3) is 5.92. The number of aliphatic carboxylic acids is 1. The molecule has 1 atom stereocenters. The van der Waals surface area contributed by atoms with E-state index in [0.717, 1.165) is 40.3 Å². The lowest BCUT2D eigenvalue weighted by Gasteiger charge is -2.30. The molecule has 3 rings (SSSR count). The second kappa shape index (κ2) is 10.4. The zero-order valence-corrected chi connectivity index (χ0v) is 19.8. The normalized spacial score (nSPS) is 16.6. The van der Waals surface area contributed by atoms with Gasteiger partial charge in [-0.2, -0.15) is 0 Å². The van der Waals surface area contributed by atoms with Crippen LogP contribution in [0.3, 0.4) is 0 Å². The molecule has 4 heteroatoms. The van der Waals surface area contributed by atoms with Crippen LogP contribution in [0.5, 0.6) is 5.75 Å². The summed E-state index contributed by atoms with van der Waals surface area (Å²) in [6, 6.07) is 12.2. The van der Waals surface area contributed by atoms with E-state index < -0.39 is 5.97 Å². The first kappa shape index (κ1) is 23.4. The van der Waals surface area contributed by atoms with Gasteiger partial charge in [0.25, 0.3) is 0 Å². The number of carboxylic acid groups (broad SMARTS) is 1. The van der Waals surface area contributed by atoms with Crippen molar-refractivity contribution in [3.05, 3.63) is 69.2 Å². The number of benzene rings is 2. The van der Waals surface area contributed by atoms with Crippen LogP contribution in [0.25, 0.3) is 5.57 Å². The van der Waals surface area contributed by atoms with E-state index in [2.05, 4.69) is 32.9 Å². The van der Waals surface area contributed by atoms with Crippen LogP contribution < -0.4 is 4.74 Å². The van der Waals surface area contributed by atoms with E-state index in [1.807, 2.05) is 31.2 Å². The fourth-order valence-electron chi connectivity index (χ4n) is 4.41. The predicted molar refractivity (Wildman–Crippen MR) is 128 cm³/mol. The number of carbonyl (C=O) groups is 1. The van der Waals surface area contributed by atoms with Crippen LogP contribution in [-0.2, 0) is 11.2 Å². The standard InChI is InChI=1S/C27H33ClO3/c1-17(2)22-5-6-23(25(15-22)21-7-11-24(28)12-8-21)16-31-26-13-9-20(10-14-27(29)30)18(3)19(26)4/h7-9,11-13,17,22H,5-6,10,14-16H2,1-4H3,(H,29,30). The van der Waals surface area contributed by atoms with E-state index in [-0.39, 0.29) is 6.42 Å². The number of aryl methyl sites for hydroxylation is 1. The number of ether oxygens (including phenoxy) is 1. The van der Waals surface area contributed by atoms with Crippen molar-refractivity contribution in [2.24, 2.45) is 11.8 Å². The molecular formula is C27H33ClO3. The van der Waals surface area contributed by atoms with Gasteiger partial charge in [-0.05, 0) is 103 Å². The number of hydrogen-bond donors (Lipinski definition) is 1. The molecule has 0 saturated carbocycles. The molecule has 1 N–H and O–H groups in total. The van der Waals surface area contributed by atoms with Gasteiger partial charge in [-0.25, -0.2) is 0 Å². The molecule has 1 aliphatic rings. The molecule has 2 aromatic carbocycles. The predicted octanol–water partition coefficient (Wildman–Crippen LogP) is 7.26. The van der Waals surface area contributed by atoms with E-state index in [9.17, 15) is 4.79 Å². The van der Waals surface area contributed by atoms with E-state index in [4.69, 9.17) is 21.4 Å². The second-order valence-electron chi connectivity index (χ2n) is 8.99. The van der Waals surface area contributed by atoms with Crippen molar-refractivity contribution in [1.29, 1.82) is 0 Å². The summed E-state index contributed by atoms with van der Waals surface area (Å²) in [4.78, 5) is 10.9. The molecule has 0 radical (unpaired) electrons. The van der Waals surface area contributed by atoms with Crippen molar-refractivity contribution < 1.29 is 14.6 Å². The zero-order chi connectivity index (χ0) is 22.5. The largest absolute Gasteiger partial charge is 0.489 e. The number of carboxylic acids is 1. The molecule has 0 amide bonds. The molecule has 31 heavy (non-hydrogen) atoms. The van der Waals surface area contributed by atoms with E-state index in [1.165, 1.54) is 23.1 Å². The van der Waals surface area contributed by atoms with Gasteiger partial charge in [0.2, 0.25) is 0 Å². The highest BCUT2D eigenvalue weighted by Gasteiger charge is 2.24. The minimum absolute atomic E-state index is 0.148. The summed E-state index contributed by atoms with van der Waals surface area (Å²) in [5, 5.41) is 9.72. The van der Waals surface area contributed by atoms with Gasteiger partial charge in [0.15, 0.2) is 0 Å². The summed E-state index contributed by atoms with van der Waals surface area (Å²) < 4.78 is 6.31. The first-order valence-electron chi connectivity index (χ1n) is 11.2. The maximum atomic E-state index is 10.9. The minimum atomic E-state index is -0.768. The molecule has 0 fully saturated rings. The first-order valence-corrected chi connectivity index (χ1v) is 11.5. The van der Waals surface area contributed by atoms with Gasteiger partial charge in [0, 0.05) is 11.4 Å². The highest BCUT2D eigenvalue weighted by Crippen LogP contribution is 2.39. The van der Waals surface area contributed by atoms with Crippen LogP contribution in [0.1, 0.15) is 61.8 Å². The molecule has 0 saturated heterocycles. The van der Waals surface area contributed by atoms with Gasteiger partial charge < -0.3 is 9.84 Å². The molecule has 1 aliphatic carbocycles. The molecule has 0 aromatic heterocycles. The molecule has 1 unspecified atom stereocenters. The highest BCUT2D eigenvalue weighted by atomic mass is 35.5. The van der Waals surface area contributed by atoms with Crippen molar-refractivity contribution in [2.75, 3.05) is 6.61 Å². The van der Waals surface area contributed by atoms with Gasteiger partial charge >= 0.3 is 5.97 Å². The van der Waals surface area contributed by atoms with Crippen molar-refractivity contribution in [3.8, 4) is 5.75 Å². The SMILES string of the molecule is Cc1c(CCC(=O)O)ccc(OCC2=C(c3ccc(Cl)cc3)CC(C(C)C)CC2)c1C. The number of halogens is 1. The van der Waals surface area contributed by atoms with Crippen LogP contribution in [0.15, 0.2) is 42.0 Å². The Balaban J connectivity index is 1.82. The Morgan fingerprint density at radius 3 is 2.48 bits per heavy atom. The number of hydrogen-bond acceptors (Lipinski definition) is 2. The van der Waals surface area contributed by atoms with Crippen molar-refractivity contribution in [2.45, 2.75) is 59.8 Å². The Morgan fingerprint density at radius 2 is 1.84 bits per heavy atom. The minimum Gasteiger partial charge on any atom is -0.489 e. The molecular weight excluding hydrogens is 408 g/mol. The van der Waals surface area contributed by atoms with Crippen LogP contribution >= 0.6 is 11.6 Å². The molecule has 0 spiro atoms. The summed E-state index contributed by atoms with van der Waals surface area (Å²) in [5.41, 5.74) is 7.29. The summed E-state index contributed by atoms with van der Waals surface area (Å²) in [7, 11) is 0. The van der Waals surface area contributed by atoms with Gasteiger partial charge in [-0.15, -0.1) is 0 Å². The van der Waals surface area contributed by atoms with Crippen LogP contribution in [0.2, 0.25) is 5.02 Å². The summed E-state index contributed by atoms with van der Waals surface area (Å²) >= 11 is 6.12. The Hall–Kier alpha value is -2.26. The lowest BCUT2D eigenvalue weighted by molar-refractivity contribution is -0.136. The fourth-order valence-corrected chi connectivity index (χ4v) is 4.53.